The smallest absolute Gasteiger partial charge is 0.258 e. The first-order chi connectivity index (χ1) is 8.13. The minimum atomic E-state index is -0.497. The summed E-state index contributed by atoms with van der Waals surface area (Å²) in [5.74, 6) is 0.218. The molecule has 0 aliphatic carbocycles. The van der Waals surface area contributed by atoms with E-state index >= 15 is 0 Å². The standard InChI is InChI=1S/C9H5Cl2N3O2S/c10-4-7-12-13-9(17-7)8-5(11)2-1-3-6(8)14(15)16/h1-3H,4H2. The van der Waals surface area contributed by atoms with Gasteiger partial charge in [0.25, 0.3) is 5.69 Å². The minimum Gasteiger partial charge on any atom is -0.258 e. The molecule has 8 heteroatoms. The average Bonchev–Trinajstić information content (AvgIpc) is 2.76. The predicted octanol–water partition coefficient (Wildman–Crippen LogP) is 3.51. The predicted molar refractivity (Wildman–Crippen MR) is 66.6 cm³/mol. The second kappa shape index (κ2) is 4.95. The fourth-order valence-electron chi connectivity index (χ4n) is 1.29. The van der Waals surface area contributed by atoms with Gasteiger partial charge in [-0.1, -0.05) is 29.0 Å². The van der Waals surface area contributed by atoms with Crippen LogP contribution in [0, 0.1) is 10.1 Å². The van der Waals surface area contributed by atoms with E-state index in [0.717, 1.165) is 0 Å². The van der Waals surface area contributed by atoms with Crippen LogP contribution < -0.4 is 0 Å². The van der Waals surface area contributed by atoms with Gasteiger partial charge in [-0.2, -0.15) is 0 Å². The van der Waals surface area contributed by atoms with Gasteiger partial charge in [0, 0.05) is 6.07 Å². The number of nitrogens with zero attached hydrogens (tertiary/aromatic N) is 3. The molecule has 88 valence electrons. The fourth-order valence-corrected chi connectivity index (χ4v) is 2.58. The summed E-state index contributed by atoms with van der Waals surface area (Å²) >= 11 is 12.8. The Morgan fingerprint density at radius 3 is 2.76 bits per heavy atom. The van der Waals surface area contributed by atoms with Crippen LogP contribution in [0.4, 0.5) is 5.69 Å². The Kier molecular flexibility index (Phi) is 3.56. The quantitative estimate of drug-likeness (QED) is 0.493. The highest BCUT2D eigenvalue weighted by molar-refractivity contribution is 7.15. The zero-order chi connectivity index (χ0) is 12.4. The zero-order valence-corrected chi connectivity index (χ0v) is 10.6. The maximum absolute atomic E-state index is 10.9. The van der Waals surface area contributed by atoms with Gasteiger partial charge in [-0.15, -0.1) is 21.8 Å². The van der Waals surface area contributed by atoms with E-state index in [1.165, 1.54) is 23.5 Å². The number of hydrogen-bond acceptors (Lipinski definition) is 5. The van der Waals surface area contributed by atoms with Gasteiger partial charge in [-0.3, -0.25) is 10.1 Å². The molecule has 1 heterocycles. The van der Waals surface area contributed by atoms with Crippen molar-refractivity contribution in [3.63, 3.8) is 0 Å². The molecule has 1 aromatic heterocycles. The van der Waals surface area contributed by atoms with Gasteiger partial charge in [0.1, 0.15) is 10.6 Å². The largest absolute Gasteiger partial charge is 0.281 e. The summed E-state index contributed by atoms with van der Waals surface area (Å²) in [5.41, 5.74) is 0.197. The number of nitro benzene ring substituents is 1. The first-order valence-corrected chi connectivity index (χ1v) is 6.18. The summed E-state index contributed by atoms with van der Waals surface area (Å²) in [6.07, 6.45) is 0. The third-order valence-corrected chi connectivity index (χ3v) is 3.65. The van der Waals surface area contributed by atoms with Crippen molar-refractivity contribution >= 4 is 40.2 Å². The van der Waals surface area contributed by atoms with Crippen LogP contribution in [-0.4, -0.2) is 15.1 Å². The van der Waals surface area contributed by atoms with Gasteiger partial charge in [0.05, 0.1) is 15.8 Å². The first kappa shape index (κ1) is 12.2. The summed E-state index contributed by atoms with van der Waals surface area (Å²) in [7, 11) is 0. The molecule has 0 N–H and O–H groups in total. The van der Waals surface area contributed by atoms with Crippen molar-refractivity contribution in [1.29, 1.82) is 0 Å². The van der Waals surface area contributed by atoms with Crippen molar-refractivity contribution in [2.24, 2.45) is 0 Å². The Labute approximate surface area is 110 Å². The molecule has 0 saturated heterocycles. The molecule has 0 amide bonds. The molecule has 0 unspecified atom stereocenters. The summed E-state index contributed by atoms with van der Waals surface area (Å²) in [4.78, 5) is 10.4. The number of rotatable bonds is 3. The third kappa shape index (κ3) is 2.38. The number of benzene rings is 1. The van der Waals surface area contributed by atoms with Crippen LogP contribution in [0.25, 0.3) is 10.6 Å². The van der Waals surface area contributed by atoms with Gasteiger partial charge in [0.15, 0.2) is 5.01 Å². The number of halogens is 2. The van der Waals surface area contributed by atoms with Crippen LogP contribution >= 0.6 is 34.5 Å². The van der Waals surface area contributed by atoms with Crippen molar-refractivity contribution in [3.8, 4) is 10.6 Å². The van der Waals surface area contributed by atoms with Crippen molar-refractivity contribution < 1.29 is 4.92 Å². The summed E-state index contributed by atoms with van der Waals surface area (Å²) in [5, 5.41) is 19.8. The Morgan fingerprint density at radius 2 is 2.18 bits per heavy atom. The molecule has 0 fully saturated rings. The van der Waals surface area contributed by atoms with Crippen LogP contribution in [0.1, 0.15) is 5.01 Å². The van der Waals surface area contributed by atoms with Crippen LogP contribution in [0.3, 0.4) is 0 Å². The molecule has 1 aromatic carbocycles. The van der Waals surface area contributed by atoms with E-state index in [1.807, 2.05) is 0 Å². The highest BCUT2D eigenvalue weighted by Gasteiger charge is 2.21. The third-order valence-electron chi connectivity index (χ3n) is 1.98. The molecule has 0 aliphatic heterocycles. The summed E-state index contributed by atoms with van der Waals surface area (Å²) in [6, 6.07) is 4.47. The van der Waals surface area contributed by atoms with Gasteiger partial charge < -0.3 is 0 Å². The molecule has 5 nitrogen and oxygen atoms in total. The summed E-state index contributed by atoms with van der Waals surface area (Å²) in [6.45, 7) is 0. The lowest BCUT2D eigenvalue weighted by Crippen LogP contribution is -1.92. The zero-order valence-electron chi connectivity index (χ0n) is 8.26. The second-order valence-electron chi connectivity index (χ2n) is 3.03. The Morgan fingerprint density at radius 1 is 1.41 bits per heavy atom. The molecule has 17 heavy (non-hydrogen) atoms. The maximum atomic E-state index is 10.9. The number of nitro groups is 1. The van der Waals surface area contributed by atoms with Gasteiger partial charge >= 0.3 is 0 Å². The van der Waals surface area contributed by atoms with Crippen molar-refractivity contribution in [3.05, 3.63) is 38.3 Å². The molecule has 2 rings (SSSR count). The van der Waals surface area contributed by atoms with Crippen molar-refractivity contribution in [1.82, 2.24) is 10.2 Å². The van der Waals surface area contributed by atoms with Crippen LogP contribution in [-0.2, 0) is 5.88 Å². The van der Waals surface area contributed by atoms with E-state index in [4.69, 9.17) is 23.2 Å². The van der Waals surface area contributed by atoms with E-state index in [0.29, 0.717) is 10.0 Å². The molecule has 0 aliphatic rings. The summed E-state index contributed by atoms with van der Waals surface area (Å²) < 4.78 is 0. The highest BCUT2D eigenvalue weighted by atomic mass is 35.5. The maximum Gasteiger partial charge on any atom is 0.281 e. The normalized spacial score (nSPS) is 10.5. The molecule has 0 spiro atoms. The van der Waals surface area contributed by atoms with Crippen molar-refractivity contribution in [2.45, 2.75) is 5.88 Å². The van der Waals surface area contributed by atoms with Crippen LogP contribution in [0.5, 0.6) is 0 Å². The lowest BCUT2D eigenvalue weighted by molar-refractivity contribution is -0.384. The number of alkyl halides is 1. The molecule has 0 bridgehead atoms. The van der Waals surface area contributed by atoms with E-state index < -0.39 is 4.92 Å². The highest BCUT2D eigenvalue weighted by Crippen LogP contribution is 2.37. The Bertz CT molecular complexity index is 573. The monoisotopic (exact) mass is 289 g/mol. The van der Waals surface area contributed by atoms with E-state index in [-0.39, 0.29) is 22.2 Å². The molecule has 2 aromatic rings. The first-order valence-electron chi connectivity index (χ1n) is 4.45. The Balaban J connectivity index is 2.61. The second-order valence-corrected chi connectivity index (χ2v) is 4.76. The average molecular weight is 290 g/mol. The van der Waals surface area contributed by atoms with Gasteiger partial charge in [-0.05, 0) is 6.07 Å². The minimum absolute atomic E-state index is 0.0882. The number of aromatic nitrogens is 2. The van der Waals surface area contributed by atoms with Crippen LogP contribution in [0.2, 0.25) is 5.02 Å². The molecule has 0 atom stereocenters. The molecular formula is C9H5Cl2N3O2S. The van der Waals surface area contributed by atoms with E-state index in [1.54, 1.807) is 6.07 Å². The number of hydrogen-bond donors (Lipinski definition) is 0. The van der Waals surface area contributed by atoms with E-state index in [2.05, 4.69) is 10.2 Å². The fraction of sp³-hybridized carbons (Fsp3) is 0.111. The molecule has 0 radical (unpaired) electrons. The lowest BCUT2D eigenvalue weighted by atomic mass is 10.2. The SMILES string of the molecule is O=[N+]([O-])c1cccc(Cl)c1-c1nnc(CCl)s1. The topological polar surface area (TPSA) is 68.9 Å². The van der Waals surface area contributed by atoms with Gasteiger partial charge in [0.2, 0.25) is 0 Å². The van der Waals surface area contributed by atoms with Gasteiger partial charge in [-0.25, -0.2) is 0 Å². The van der Waals surface area contributed by atoms with Crippen LogP contribution in [0.15, 0.2) is 18.2 Å². The Hall–Kier alpha value is -1.24. The lowest BCUT2D eigenvalue weighted by Gasteiger charge is -2.00. The van der Waals surface area contributed by atoms with E-state index in [9.17, 15) is 10.1 Å². The molecule has 0 saturated carbocycles. The molecular weight excluding hydrogens is 285 g/mol. The van der Waals surface area contributed by atoms with Crippen molar-refractivity contribution in [2.75, 3.05) is 0 Å².